The van der Waals surface area contributed by atoms with Crippen molar-refractivity contribution in [2.75, 3.05) is 32.1 Å². The molecule has 190 valence electrons. The summed E-state index contributed by atoms with van der Waals surface area (Å²) in [6, 6.07) is 10.4. The Morgan fingerprint density at radius 2 is 1.89 bits per heavy atom. The van der Waals surface area contributed by atoms with Gasteiger partial charge >= 0.3 is 0 Å². The number of carbonyl (C=O) groups excluding carboxylic acids is 2. The van der Waals surface area contributed by atoms with Crippen molar-refractivity contribution in [3.05, 3.63) is 65.6 Å². The number of carbonyl (C=O) groups is 2. The van der Waals surface area contributed by atoms with Crippen LogP contribution in [-0.2, 0) is 11.8 Å². The van der Waals surface area contributed by atoms with E-state index in [-0.39, 0.29) is 34.6 Å². The Labute approximate surface area is 208 Å². The lowest BCUT2D eigenvalue weighted by Crippen LogP contribution is -2.42. The minimum Gasteiger partial charge on any atom is -0.488 e. The zero-order valence-corrected chi connectivity index (χ0v) is 20.5. The number of nitrogens with zero attached hydrogens (tertiary/aromatic N) is 3. The Morgan fingerprint density at radius 3 is 2.50 bits per heavy atom. The number of anilines is 1. The summed E-state index contributed by atoms with van der Waals surface area (Å²) in [6.45, 7) is 3.67. The number of nitrogens with one attached hydrogen (secondary N) is 1. The number of rotatable bonds is 10. The molecule has 1 N–H and O–H groups in total. The average Bonchev–Trinajstić information content (AvgIpc) is 3.23. The molecule has 1 saturated heterocycles. The smallest absolute Gasteiger partial charge is 0.257 e. The highest BCUT2D eigenvalue weighted by Gasteiger charge is 2.23. The molecule has 2 amide bonds. The maximum Gasteiger partial charge on any atom is 0.257 e. The molecule has 1 atom stereocenters. The number of amides is 2. The largest absolute Gasteiger partial charge is 0.488 e. The number of hydrogen-bond acceptors (Lipinski definition) is 6. The second-order valence-corrected chi connectivity index (χ2v) is 8.52. The molecule has 1 aliphatic rings. The number of likely N-dealkylation sites (tertiary alicyclic amines) is 1. The average molecular weight is 497 g/mol. The van der Waals surface area contributed by atoms with Crippen molar-refractivity contribution >= 4 is 17.6 Å². The second-order valence-electron chi connectivity index (χ2n) is 8.52. The summed E-state index contributed by atoms with van der Waals surface area (Å²) in [6.07, 6.45) is 3.09. The Bertz CT molecular complexity index is 1240. The Hall–Kier alpha value is -3.92. The first-order valence-electron chi connectivity index (χ1n) is 11.7. The SMILES string of the molecule is CC[C@@H](COC)Oc1cc(Oc2ccc(C(=O)N3CCC3)cc2F)cc(C(=O)Nc2ccn(C)n2)c1. The summed E-state index contributed by atoms with van der Waals surface area (Å²) >= 11 is 0. The molecule has 1 fully saturated rings. The molecule has 4 rings (SSSR count). The molecule has 10 heteroatoms. The molecule has 0 aliphatic carbocycles. The minimum absolute atomic E-state index is 0.0765. The van der Waals surface area contributed by atoms with Crippen LogP contribution in [0.25, 0.3) is 0 Å². The molecule has 9 nitrogen and oxygen atoms in total. The summed E-state index contributed by atoms with van der Waals surface area (Å²) in [5, 5.41) is 6.88. The Kier molecular flexibility index (Phi) is 7.84. The molecule has 0 unspecified atom stereocenters. The molecule has 0 saturated carbocycles. The van der Waals surface area contributed by atoms with Crippen molar-refractivity contribution in [3.8, 4) is 17.2 Å². The van der Waals surface area contributed by atoms with E-state index in [2.05, 4.69) is 10.4 Å². The van der Waals surface area contributed by atoms with Gasteiger partial charge in [0.05, 0.1) is 6.61 Å². The summed E-state index contributed by atoms with van der Waals surface area (Å²) in [7, 11) is 3.32. The number of aryl methyl sites for hydroxylation is 1. The third kappa shape index (κ3) is 6.01. The number of ether oxygens (including phenoxy) is 3. The van der Waals surface area contributed by atoms with E-state index in [0.717, 1.165) is 12.5 Å². The van der Waals surface area contributed by atoms with E-state index in [4.69, 9.17) is 14.2 Å². The van der Waals surface area contributed by atoms with Crippen LogP contribution < -0.4 is 14.8 Å². The van der Waals surface area contributed by atoms with E-state index in [9.17, 15) is 14.0 Å². The van der Waals surface area contributed by atoms with Gasteiger partial charge in [-0.25, -0.2) is 4.39 Å². The molecule has 36 heavy (non-hydrogen) atoms. The lowest BCUT2D eigenvalue weighted by atomic mass is 10.1. The van der Waals surface area contributed by atoms with Gasteiger partial charge in [0.2, 0.25) is 0 Å². The monoisotopic (exact) mass is 496 g/mol. The maximum atomic E-state index is 14.9. The first kappa shape index (κ1) is 25.2. The van der Waals surface area contributed by atoms with Crippen LogP contribution in [-0.4, -0.2) is 59.4 Å². The highest BCUT2D eigenvalue weighted by Crippen LogP contribution is 2.31. The van der Waals surface area contributed by atoms with Crippen LogP contribution in [0.15, 0.2) is 48.7 Å². The van der Waals surface area contributed by atoms with Gasteiger partial charge < -0.3 is 24.4 Å². The van der Waals surface area contributed by atoms with Gasteiger partial charge in [0.25, 0.3) is 11.8 Å². The predicted molar refractivity (Wildman–Crippen MR) is 131 cm³/mol. The van der Waals surface area contributed by atoms with Crippen LogP contribution in [0.3, 0.4) is 0 Å². The van der Waals surface area contributed by atoms with Gasteiger partial charge in [-0.15, -0.1) is 0 Å². The summed E-state index contributed by atoms with van der Waals surface area (Å²) in [5.74, 6) is -0.445. The number of hydrogen-bond donors (Lipinski definition) is 1. The first-order valence-corrected chi connectivity index (χ1v) is 11.7. The molecular weight excluding hydrogens is 467 g/mol. The third-order valence-electron chi connectivity index (χ3n) is 5.76. The van der Waals surface area contributed by atoms with E-state index >= 15 is 0 Å². The Morgan fingerprint density at radius 1 is 1.11 bits per heavy atom. The van der Waals surface area contributed by atoms with Gasteiger partial charge in [-0.1, -0.05) is 6.92 Å². The molecular formula is C26H29FN4O5. The van der Waals surface area contributed by atoms with E-state index in [1.54, 1.807) is 48.1 Å². The van der Waals surface area contributed by atoms with Gasteiger partial charge in [-0.3, -0.25) is 14.3 Å². The van der Waals surface area contributed by atoms with Crippen molar-refractivity contribution in [2.24, 2.45) is 7.05 Å². The van der Waals surface area contributed by atoms with Crippen LogP contribution >= 0.6 is 0 Å². The van der Waals surface area contributed by atoms with Crippen molar-refractivity contribution in [2.45, 2.75) is 25.9 Å². The standard InChI is InChI=1S/C26H29FN4O5/c1-4-19(16-34-3)35-20-12-18(25(32)28-24-8-11-30(2)29-24)13-21(15-20)36-23-7-6-17(14-22(23)27)26(33)31-9-5-10-31/h6-8,11-15,19H,4-5,9-10,16H2,1-3H3,(H,28,29,32)/t19-/m0/s1. The van der Waals surface area contributed by atoms with Gasteiger partial charge in [0, 0.05) is 56.7 Å². The van der Waals surface area contributed by atoms with E-state index < -0.39 is 11.7 Å². The van der Waals surface area contributed by atoms with Crippen molar-refractivity contribution < 1.29 is 28.2 Å². The molecule has 1 aromatic heterocycles. The zero-order chi connectivity index (χ0) is 25.7. The number of methoxy groups -OCH3 is 1. The number of halogens is 1. The molecule has 2 aromatic carbocycles. The lowest BCUT2D eigenvalue weighted by Gasteiger charge is -2.30. The minimum atomic E-state index is -0.682. The fourth-order valence-electron chi connectivity index (χ4n) is 3.66. The third-order valence-corrected chi connectivity index (χ3v) is 5.76. The number of benzene rings is 2. The maximum absolute atomic E-state index is 14.9. The van der Waals surface area contributed by atoms with E-state index in [0.29, 0.717) is 37.7 Å². The second kappa shape index (κ2) is 11.2. The van der Waals surface area contributed by atoms with Crippen molar-refractivity contribution in [1.29, 1.82) is 0 Å². The molecule has 0 bridgehead atoms. The molecule has 3 aromatic rings. The molecule has 0 spiro atoms. The van der Waals surface area contributed by atoms with Crippen molar-refractivity contribution in [3.63, 3.8) is 0 Å². The highest BCUT2D eigenvalue weighted by molar-refractivity contribution is 6.04. The summed E-state index contributed by atoms with van der Waals surface area (Å²) in [4.78, 5) is 27.0. The van der Waals surface area contributed by atoms with Crippen LogP contribution in [0, 0.1) is 5.82 Å². The van der Waals surface area contributed by atoms with Gasteiger partial charge in [0.1, 0.15) is 17.6 Å². The van der Waals surface area contributed by atoms with Crippen LogP contribution in [0.2, 0.25) is 0 Å². The van der Waals surface area contributed by atoms with Gasteiger partial charge in [-0.2, -0.15) is 5.10 Å². The lowest BCUT2D eigenvalue weighted by molar-refractivity contribution is 0.0651. The molecule has 2 heterocycles. The van der Waals surface area contributed by atoms with E-state index in [1.165, 1.54) is 18.2 Å². The first-order chi connectivity index (χ1) is 17.4. The molecule has 1 aliphatic heterocycles. The van der Waals surface area contributed by atoms with Crippen LogP contribution in [0.5, 0.6) is 17.2 Å². The highest BCUT2D eigenvalue weighted by atomic mass is 19.1. The van der Waals surface area contributed by atoms with E-state index in [1.807, 2.05) is 6.92 Å². The fourth-order valence-corrected chi connectivity index (χ4v) is 3.66. The van der Waals surface area contributed by atoms with Crippen molar-refractivity contribution in [1.82, 2.24) is 14.7 Å². The summed E-state index contributed by atoms with van der Waals surface area (Å²) < 4.78 is 33.4. The normalized spacial score (nSPS) is 13.6. The topological polar surface area (TPSA) is 94.9 Å². The van der Waals surface area contributed by atoms with Crippen LogP contribution in [0.4, 0.5) is 10.2 Å². The summed E-state index contributed by atoms with van der Waals surface area (Å²) in [5.41, 5.74) is 0.503. The number of aromatic nitrogens is 2. The Balaban J connectivity index is 1.59. The van der Waals surface area contributed by atoms with Gasteiger partial charge in [0.15, 0.2) is 17.4 Å². The quantitative estimate of drug-likeness (QED) is 0.451. The molecule has 0 radical (unpaired) electrons. The van der Waals surface area contributed by atoms with Gasteiger partial charge in [-0.05, 0) is 43.2 Å². The predicted octanol–water partition coefficient (Wildman–Crippen LogP) is 4.25. The zero-order valence-electron chi connectivity index (χ0n) is 20.5. The van der Waals surface area contributed by atoms with Crippen LogP contribution in [0.1, 0.15) is 40.5 Å². The fraction of sp³-hybridized carbons (Fsp3) is 0.346.